The van der Waals surface area contributed by atoms with Crippen LogP contribution in [0.25, 0.3) is 0 Å². The second-order valence-corrected chi connectivity index (χ2v) is 4.10. The highest BCUT2D eigenvalue weighted by Gasteiger charge is 2.10. The quantitative estimate of drug-likeness (QED) is 0.348. The van der Waals surface area contributed by atoms with Gasteiger partial charge in [0.25, 0.3) is 0 Å². The van der Waals surface area contributed by atoms with E-state index in [1.807, 2.05) is 6.92 Å². The average molecular weight is 307 g/mol. The summed E-state index contributed by atoms with van der Waals surface area (Å²) in [5.41, 5.74) is 2.39. The third-order valence-electron chi connectivity index (χ3n) is 1.88. The Hall–Kier alpha value is -1.21. The topological polar surface area (TPSA) is 62.4 Å². The van der Waals surface area contributed by atoms with Crippen molar-refractivity contribution in [2.75, 3.05) is 11.9 Å². The third kappa shape index (κ3) is 3.94. The van der Waals surface area contributed by atoms with Gasteiger partial charge in [0.2, 0.25) is 5.96 Å². The maximum absolute atomic E-state index is 13.5. The van der Waals surface area contributed by atoms with Crippen LogP contribution in [-0.4, -0.2) is 12.5 Å². The molecule has 1 aromatic rings. The highest BCUT2D eigenvalue weighted by atomic mass is 79.9. The number of anilines is 1. The minimum absolute atomic E-state index is 0.0826. The van der Waals surface area contributed by atoms with E-state index in [9.17, 15) is 8.78 Å². The van der Waals surface area contributed by atoms with Crippen molar-refractivity contribution < 1.29 is 8.78 Å². The zero-order chi connectivity index (χ0) is 12.8. The number of hydrogen-bond donors (Lipinski definition) is 3. The Balaban J connectivity index is 2.94. The van der Waals surface area contributed by atoms with E-state index < -0.39 is 11.6 Å². The van der Waals surface area contributed by atoms with E-state index in [1.165, 1.54) is 0 Å². The molecular formula is C10H13BrF2N4. The van der Waals surface area contributed by atoms with Gasteiger partial charge in [-0.15, -0.1) is 0 Å². The molecule has 94 valence electrons. The maximum Gasteiger partial charge on any atom is 0.210 e. The number of halogens is 3. The van der Waals surface area contributed by atoms with Crippen LogP contribution in [0.4, 0.5) is 14.5 Å². The SMILES string of the molecule is CCCN=C(NN)Nc1c(F)cc(F)cc1Br. The zero-order valence-corrected chi connectivity index (χ0v) is 10.8. The lowest BCUT2D eigenvalue weighted by molar-refractivity contribution is 0.584. The summed E-state index contributed by atoms with van der Waals surface area (Å²) >= 11 is 3.06. The summed E-state index contributed by atoms with van der Waals surface area (Å²) in [4.78, 5) is 4.05. The van der Waals surface area contributed by atoms with Crippen LogP contribution in [0.3, 0.4) is 0 Å². The van der Waals surface area contributed by atoms with Gasteiger partial charge < -0.3 is 5.32 Å². The van der Waals surface area contributed by atoms with Crippen LogP contribution in [0.15, 0.2) is 21.6 Å². The molecule has 0 bridgehead atoms. The van der Waals surface area contributed by atoms with Crippen LogP contribution in [-0.2, 0) is 0 Å². The fourth-order valence-electron chi connectivity index (χ4n) is 1.12. The second-order valence-electron chi connectivity index (χ2n) is 3.24. The van der Waals surface area contributed by atoms with Crippen molar-refractivity contribution in [2.24, 2.45) is 10.8 Å². The molecule has 0 aliphatic carbocycles. The van der Waals surface area contributed by atoms with E-state index in [0.717, 1.165) is 18.6 Å². The first-order valence-corrected chi connectivity index (χ1v) is 5.80. The number of nitrogens with zero attached hydrogens (tertiary/aromatic N) is 1. The van der Waals surface area contributed by atoms with E-state index in [1.54, 1.807) is 0 Å². The first-order valence-electron chi connectivity index (χ1n) is 5.01. The van der Waals surface area contributed by atoms with Crippen molar-refractivity contribution in [1.29, 1.82) is 0 Å². The van der Waals surface area contributed by atoms with E-state index in [0.29, 0.717) is 6.54 Å². The zero-order valence-electron chi connectivity index (χ0n) is 9.23. The molecule has 1 aromatic carbocycles. The lowest BCUT2D eigenvalue weighted by atomic mass is 10.3. The largest absolute Gasteiger partial charge is 0.322 e. The third-order valence-corrected chi connectivity index (χ3v) is 2.51. The summed E-state index contributed by atoms with van der Waals surface area (Å²) < 4.78 is 26.6. The van der Waals surface area contributed by atoms with Gasteiger partial charge in [-0.3, -0.25) is 10.4 Å². The first-order chi connectivity index (χ1) is 8.08. The molecule has 0 fully saturated rings. The lowest BCUT2D eigenvalue weighted by Crippen LogP contribution is -2.36. The molecule has 17 heavy (non-hydrogen) atoms. The molecule has 0 unspecified atom stereocenters. The summed E-state index contributed by atoms with van der Waals surface area (Å²) in [5.74, 6) is 4.07. The van der Waals surface area contributed by atoms with Crippen molar-refractivity contribution in [3.63, 3.8) is 0 Å². The Morgan fingerprint density at radius 2 is 2.18 bits per heavy atom. The molecule has 7 heteroatoms. The Bertz CT molecular complexity index is 400. The fourth-order valence-corrected chi connectivity index (χ4v) is 1.63. The summed E-state index contributed by atoms with van der Waals surface area (Å²) in [5, 5.41) is 2.65. The molecular weight excluding hydrogens is 294 g/mol. The van der Waals surface area contributed by atoms with Crippen LogP contribution in [0.1, 0.15) is 13.3 Å². The van der Waals surface area contributed by atoms with Crippen molar-refractivity contribution in [3.8, 4) is 0 Å². The van der Waals surface area contributed by atoms with Crippen LogP contribution in [0.2, 0.25) is 0 Å². The number of nitrogens with one attached hydrogen (secondary N) is 2. The Labute approximate surface area is 106 Å². The number of guanidine groups is 1. The van der Waals surface area contributed by atoms with Gasteiger partial charge in [0.1, 0.15) is 5.82 Å². The number of benzene rings is 1. The van der Waals surface area contributed by atoms with Crippen molar-refractivity contribution >= 4 is 27.6 Å². The molecule has 0 heterocycles. The normalized spacial score (nSPS) is 11.5. The first kappa shape index (κ1) is 13.9. The van der Waals surface area contributed by atoms with E-state index >= 15 is 0 Å². The van der Waals surface area contributed by atoms with Gasteiger partial charge in [-0.25, -0.2) is 14.6 Å². The van der Waals surface area contributed by atoms with Gasteiger partial charge in [-0.1, -0.05) is 6.92 Å². The van der Waals surface area contributed by atoms with E-state index in [4.69, 9.17) is 5.84 Å². The van der Waals surface area contributed by atoms with E-state index in [-0.39, 0.29) is 16.1 Å². The minimum atomic E-state index is -0.726. The highest BCUT2D eigenvalue weighted by molar-refractivity contribution is 9.10. The van der Waals surface area contributed by atoms with Gasteiger partial charge >= 0.3 is 0 Å². The molecule has 0 amide bonds. The number of hydrazine groups is 1. The Morgan fingerprint density at radius 1 is 1.47 bits per heavy atom. The summed E-state index contributed by atoms with van der Waals surface area (Å²) in [6.07, 6.45) is 0.833. The molecule has 1 rings (SSSR count). The molecule has 0 spiro atoms. The molecule has 4 nitrogen and oxygen atoms in total. The number of rotatable bonds is 3. The van der Waals surface area contributed by atoms with Gasteiger partial charge in [0, 0.05) is 17.1 Å². The summed E-state index contributed by atoms with van der Waals surface area (Å²) in [7, 11) is 0. The smallest absolute Gasteiger partial charge is 0.210 e. The Morgan fingerprint density at radius 3 is 2.71 bits per heavy atom. The molecule has 0 aliphatic rings. The van der Waals surface area contributed by atoms with Crippen molar-refractivity contribution in [2.45, 2.75) is 13.3 Å². The fraction of sp³-hybridized carbons (Fsp3) is 0.300. The molecule has 0 saturated carbocycles. The molecule has 4 N–H and O–H groups in total. The number of nitrogens with two attached hydrogens (primary N) is 1. The second kappa shape index (κ2) is 6.51. The molecule has 0 aliphatic heterocycles. The van der Waals surface area contributed by atoms with Gasteiger partial charge in [-0.2, -0.15) is 0 Å². The predicted molar refractivity (Wildman–Crippen MR) is 67.6 cm³/mol. The van der Waals surface area contributed by atoms with Crippen LogP contribution < -0.4 is 16.6 Å². The Kier molecular flexibility index (Phi) is 5.30. The molecule has 0 radical (unpaired) electrons. The summed E-state index contributed by atoms with van der Waals surface area (Å²) in [6, 6.07) is 1.93. The monoisotopic (exact) mass is 306 g/mol. The van der Waals surface area contributed by atoms with Gasteiger partial charge in [0.15, 0.2) is 5.82 Å². The maximum atomic E-state index is 13.5. The molecule has 0 saturated heterocycles. The van der Waals surface area contributed by atoms with Crippen LogP contribution >= 0.6 is 15.9 Å². The number of aliphatic imine (C=N–C) groups is 1. The van der Waals surface area contributed by atoms with Crippen molar-refractivity contribution in [1.82, 2.24) is 5.43 Å². The van der Waals surface area contributed by atoms with Crippen molar-refractivity contribution in [3.05, 3.63) is 28.2 Å². The van der Waals surface area contributed by atoms with E-state index in [2.05, 4.69) is 31.7 Å². The van der Waals surface area contributed by atoms with Gasteiger partial charge in [-0.05, 0) is 28.4 Å². The lowest BCUT2D eigenvalue weighted by Gasteiger charge is -2.11. The number of hydrogen-bond acceptors (Lipinski definition) is 2. The summed E-state index contributed by atoms with van der Waals surface area (Å²) in [6.45, 7) is 2.50. The molecule has 0 atom stereocenters. The minimum Gasteiger partial charge on any atom is -0.322 e. The molecule has 0 aromatic heterocycles. The van der Waals surface area contributed by atoms with Crippen LogP contribution in [0.5, 0.6) is 0 Å². The average Bonchev–Trinajstić information content (AvgIpc) is 2.27. The highest BCUT2D eigenvalue weighted by Crippen LogP contribution is 2.26. The van der Waals surface area contributed by atoms with Crippen LogP contribution in [0, 0.1) is 11.6 Å². The predicted octanol–water partition coefficient (Wildman–Crippen LogP) is 2.37. The van der Waals surface area contributed by atoms with Gasteiger partial charge in [0.05, 0.1) is 5.69 Å². The standard InChI is InChI=1S/C10H13BrF2N4/c1-2-3-15-10(17-14)16-9-7(11)4-6(12)5-8(9)13/h4-5H,2-3,14H2,1H3,(H2,15,16,17).